The van der Waals surface area contributed by atoms with E-state index in [4.69, 9.17) is 4.74 Å². The van der Waals surface area contributed by atoms with E-state index in [1.807, 2.05) is 0 Å². The summed E-state index contributed by atoms with van der Waals surface area (Å²) in [6.45, 7) is 0. The predicted octanol–water partition coefficient (Wildman–Crippen LogP) is 5.88. The van der Waals surface area contributed by atoms with Crippen molar-refractivity contribution in [3.05, 3.63) is 70.4 Å². The molecule has 0 spiro atoms. The van der Waals surface area contributed by atoms with Gasteiger partial charge in [-0.1, -0.05) is 45.9 Å². The van der Waals surface area contributed by atoms with Gasteiger partial charge in [0.05, 0.1) is 0 Å². The first-order chi connectivity index (χ1) is 13.0. The second kappa shape index (κ2) is 8.51. The molecule has 0 unspecified atom stereocenters. The van der Waals surface area contributed by atoms with Crippen molar-refractivity contribution in [2.45, 2.75) is 0 Å². The van der Waals surface area contributed by atoms with Crippen LogP contribution >= 0.6 is 22.7 Å². The summed E-state index contributed by atoms with van der Waals surface area (Å²) in [5, 5.41) is 3.41. The van der Waals surface area contributed by atoms with Gasteiger partial charge in [-0.2, -0.15) is 0 Å². The molecule has 0 bridgehead atoms. The monoisotopic (exact) mass is 601 g/mol. The van der Waals surface area contributed by atoms with Gasteiger partial charge < -0.3 is 4.74 Å². The van der Waals surface area contributed by atoms with E-state index in [1.165, 1.54) is 10.8 Å². The van der Waals surface area contributed by atoms with Crippen LogP contribution in [0.2, 0.25) is 0 Å². The molecule has 3 nitrogen and oxygen atoms in total. The fourth-order valence-electron chi connectivity index (χ4n) is 2.20. The third-order valence-electron chi connectivity index (χ3n) is 3.37. The molecule has 0 saturated carbocycles. The maximum absolute atomic E-state index is 13.8. The molecule has 0 fully saturated rings. The molecule has 2 aromatic heterocycles. The van der Waals surface area contributed by atoms with Crippen molar-refractivity contribution in [1.82, 2.24) is 9.97 Å². The Kier molecular flexibility index (Phi) is 6.27. The molecule has 0 N–H and O–H groups in total. The Morgan fingerprint density at radius 3 is 1.57 bits per heavy atom. The van der Waals surface area contributed by atoms with Crippen molar-refractivity contribution in [1.29, 1.82) is 0 Å². The van der Waals surface area contributed by atoms with Crippen molar-refractivity contribution in [3.63, 3.8) is 0 Å². The maximum Gasteiger partial charge on any atom is 2.00 e. The third kappa shape index (κ3) is 4.32. The predicted molar refractivity (Wildman–Crippen MR) is 92.7 cm³/mol. The van der Waals surface area contributed by atoms with E-state index in [2.05, 4.69) is 22.1 Å². The summed E-state index contributed by atoms with van der Waals surface area (Å²) >= 11 is 2.17. The van der Waals surface area contributed by atoms with Crippen LogP contribution < -0.4 is 4.74 Å². The Balaban J connectivity index is 0.00000225. The minimum absolute atomic E-state index is 0. The zero-order valence-corrected chi connectivity index (χ0v) is 17.3. The molecule has 0 amide bonds. The number of thiazole rings is 2. The smallest absolute Gasteiger partial charge is 0.404 e. The van der Waals surface area contributed by atoms with Gasteiger partial charge in [-0.05, 0) is 10.8 Å². The zero-order valence-electron chi connectivity index (χ0n) is 13.4. The van der Waals surface area contributed by atoms with Gasteiger partial charge in [-0.3, -0.25) is 27.5 Å². The first kappa shape index (κ1) is 20.6. The molecular weight excluding hydrogens is 595 g/mol. The van der Waals surface area contributed by atoms with Crippen molar-refractivity contribution < 1.29 is 43.4 Å². The molecule has 0 saturated heterocycles. The van der Waals surface area contributed by atoms with Gasteiger partial charge in [0.1, 0.15) is 0 Å². The average Bonchev–Trinajstić information content (AvgIpc) is 3.25. The normalized spacial score (nSPS) is 10.6. The molecule has 0 aliphatic rings. The number of halogens is 4. The van der Waals surface area contributed by atoms with E-state index in [-0.39, 0.29) is 54.0 Å². The van der Waals surface area contributed by atoms with E-state index in [0.29, 0.717) is 0 Å². The molecule has 10 heteroatoms. The number of benzene rings is 2. The van der Waals surface area contributed by atoms with Gasteiger partial charge in [0.25, 0.3) is 10.4 Å². The molecule has 28 heavy (non-hydrogen) atoms. The molecule has 0 aliphatic carbocycles. The number of ether oxygens (including phenoxy) is 1. The van der Waals surface area contributed by atoms with Gasteiger partial charge in [0, 0.05) is 34.7 Å². The van der Waals surface area contributed by atoms with Crippen LogP contribution in [0.15, 0.2) is 35.0 Å². The van der Waals surface area contributed by atoms with E-state index in [1.54, 1.807) is 0 Å². The largest absolute Gasteiger partial charge is 2.00 e. The second-order valence-electron chi connectivity index (χ2n) is 5.18. The Morgan fingerprint density at radius 1 is 0.750 bits per heavy atom. The van der Waals surface area contributed by atoms with E-state index in [0.717, 1.165) is 46.9 Å². The molecule has 2 aromatic carbocycles. The molecule has 4 aromatic rings. The van der Waals surface area contributed by atoms with Gasteiger partial charge in [-0.25, -0.2) is 0 Å². The molecule has 0 aliphatic heterocycles. The summed E-state index contributed by atoms with van der Waals surface area (Å²) in [7, 11) is 0. The van der Waals surface area contributed by atoms with Crippen molar-refractivity contribution >= 4 is 22.7 Å². The maximum atomic E-state index is 13.8. The minimum Gasteiger partial charge on any atom is -0.404 e. The van der Waals surface area contributed by atoms with Gasteiger partial charge >= 0.3 is 21.1 Å². The third-order valence-corrected chi connectivity index (χ3v) is 4.80. The number of rotatable bonds is 4. The van der Waals surface area contributed by atoms with Crippen LogP contribution in [0.4, 0.5) is 17.6 Å². The van der Waals surface area contributed by atoms with E-state index < -0.39 is 23.3 Å². The van der Waals surface area contributed by atoms with Crippen LogP contribution in [-0.2, 0) is 21.1 Å². The Labute approximate surface area is 178 Å². The standard InChI is InChI=1S/C18H6F4N2OS2.Pt/c19-9-1-3-11(13(21)5-9)15-7-26-17(23-15)25-18-24-16(8-27-18)12-4-2-10(20)6-14(12)22;/h1-2,5-8H;/q-2;+2. The first-order valence-corrected chi connectivity index (χ1v) is 9.08. The second-order valence-corrected chi connectivity index (χ2v) is 6.82. The summed E-state index contributed by atoms with van der Waals surface area (Å²) < 4.78 is 59.1. The summed E-state index contributed by atoms with van der Waals surface area (Å²) in [6, 6.07) is 8.48. The average molecular weight is 601 g/mol. The summed E-state index contributed by atoms with van der Waals surface area (Å²) in [6.07, 6.45) is 0. The molecular formula is C18H6F4N2OPtS2. The number of aromatic nitrogens is 2. The summed E-state index contributed by atoms with van der Waals surface area (Å²) in [5.41, 5.74) is 0.514. The van der Waals surface area contributed by atoms with Crippen molar-refractivity contribution in [3.8, 4) is 32.9 Å². The van der Waals surface area contributed by atoms with Crippen molar-refractivity contribution in [2.24, 2.45) is 0 Å². The van der Waals surface area contributed by atoms with Crippen LogP contribution in [0, 0.1) is 35.4 Å². The van der Waals surface area contributed by atoms with Crippen LogP contribution in [0.5, 0.6) is 10.4 Å². The Morgan fingerprint density at radius 2 is 1.18 bits per heavy atom. The van der Waals surface area contributed by atoms with Crippen LogP contribution in [0.25, 0.3) is 22.5 Å². The molecule has 144 valence electrons. The topological polar surface area (TPSA) is 35.0 Å². The summed E-state index contributed by atoms with van der Waals surface area (Å²) in [4.78, 5) is 8.23. The number of hydrogen-bond donors (Lipinski definition) is 0. The molecule has 2 heterocycles. The van der Waals surface area contributed by atoms with Crippen LogP contribution in [0.3, 0.4) is 0 Å². The van der Waals surface area contributed by atoms with Crippen LogP contribution in [0.1, 0.15) is 0 Å². The van der Waals surface area contributed by atoms with Gasteiger partial charge in [-0.15, -0.1) is 24.3 Å². The molecule has 0 radical (unpaired) electrons. The molecule has 0 atom stereocenters. The Bertz CT molecular complexity index is 1040. The summed E-state index contributed by atoms with van der Waals surface area (Å²) in [5.74, 6) is -3.04. The van der Waals surface area contributed by atoms with Gasteiger partial charge in [0.2, 0.25) is 0 Å². The molecule has 4 rings (SSSR count). The van der Waals surface area contributed by atoms with Crippen LogP contribution in [-0.4, -0.2) is 9.97 Å². The fraction of sp³-hybridized carbons (Fsp3) is 0. The van der Waals surface area contributed by atoms with Gasteiger partial charge in [0.15, 0.2) is 0 Å². The number of hydrogen-bond acceptors (Lipinski definition) is 5. The number of nitrogens with zero attached hydrogens (tertiary/aromatic N) is 2. The van der Waals surface area contributed by atoms with E-state index in [9.17, 15) is 17.6 Å². The SMILES string of the molecule is Fc1c[c-]c(-c2csc(Oc3nc(-c4[c-]cc(F)cc4F)cs3)n2)c(F)c1.[Pt+2]. The zero-order chi connectivity index (χ0) is 19.0. The van der Waals surface area contributed by atoms with E-state index >= 15 is 0 Å². The Hall–Kier alpha value is -2.09. The van der Waals surface area contributed by atoms with Crippen molar-refractivity contribution in [2.75, 3.05) is 0 Å². The first-order valence-electron chi connectivity index (χ1n) is 7.33. The minimum atomic E-state index is -0.786. The fourth-order valence-corrected chi connectivity index (χ4v) is 3.57. The quantitative estimate of drug-likeness (QED) is 0.217.